The maximum Gasteiger partial charge on any atom is 0.129 e. The van der Waals surface area contributed by atoms with Gasteiger partial charge >= 0.3 is 0 Å². The highest BCUT2D eigenvalue weighted by Gasteiger charge is 2.02. The molecule has 2 nitrogen and oxygen atoms in total. The second kappa shape index (κ2) is 4.36. The fourth-order valence-electron chi connectivity index (χ4n) is 1.22. The number of pyridine rings is 1. The van der Waals surface area contributed by atoms with Gasteiger partial charge in [-0.2, -0.15) is 0 Å². The van der Waals surface area contributed by atoms with Gasteiger partial charge in [0, 0.05) is 6.20 Å². The second-order valence-electron chi connectivity index (χ2n) is 3.24. The van der Waals surface area contributed by atoms with Crippen LogP contribution in [0.1, 0.15) is 5.56 Å². The van der Waals surface area contributed by atoms with Crippen LogP contribution in [0.2, 0.25) is 0 Å². The van der Waals surface area contributed by atoms with Gasteiger partial charge in [0.15, 0.2) is 0 Å². The standard InChI is InChI=1S/C12H11NOS/c1-9-6-7-13-12(8-9)15-11-5-3-2-4-10(11)14/h2-8,14H,1H3. The first kappa shape index (κ1) is 10.1. The molecule has 0 atom stereocenters. The van der Waals surface area contributed by atoms with Crippen LogP contribution in [0.4, 0.5) is 0 Å². The lowest BCUT2D eigenvalue weighted by Crippen LogP contribution is -1.81. The molecule has 0 radical (unpaired) electrons. The van der Waals surface area contributed by atoms with Gasteiger partial charge in [-0.3, -0.25) is 0 Å². The van der Waals surface area contributed by atoms with Crippen molar-refractivity contribution < 1.29 is 5.11 Å². The Morgan fingerprint density at radius 1 is 1.20 bits per heavy atom. The number of rotatable bonds is 2. The Bertz CT molecular complexity index is 471. The maximum absolute atomic E-state index is 9.59. The molecule has 0 bridgehead atoms. The average molecular weight is 217 g/mol. The fourth-order valence-corrected chi connectivity index (χ4v) is 2.12. The number of aryl methyl sites for hydroxylation is 1. The molecule has 15 heavy (non-hydrogen) atoms. The fraction of sp³-hybridized carbons (Fsp3) is 0.0833. The zero-order chi connectivity index (χ0) is 10.7. The number of hydrogen-bond donors (Lipinski definition) is 1. The SMILES string of the molecule is Cc1ccnc(Sc2ccccc2O)c1. The Morgan fingerprint density at radius 2 is 2.00 bits per heavy atom. The monoisotopic (exact) mass is 217 g/mol. The van der Waals surface area contributed by atoms with Crippen molar-refractivity contribution >= 4 is 11.8 Å². The van der Waals surface area contributed by atoms with Crippen molar-refractivity contribution in [1.82, 2.24) is 4.98 Å². The van der Waals surface area contributed by atoms with Gasteiger partial charge in [0.1, 0.15) is 10.8 Å². The van der Waals surface area contributed by atoms with E-state index in [0.717, 1.165) is 9.92 Å². The summed E-state index contributed by atoms with van der Waals surface area (Å²) in [5.74, 6) is 0.297. The minimum atomic E-state index is 0.297. The number of phenols is 1. The largest absolute Gasteiger partial charge is 0.507 e. The number of aromatic hydroxyl groups is 1. The van der Waals surface area contributed by atoms with Gasteiger partial charge in [-0.05, 0) is 36.8 Å². The lowest BCUT2D eigenvalue weighted by molar-refractivity contribution is 0.462. The molecule has 1 heterocycles. The van der Waals surface area contributed by atoms with Gasteiger partial charge in [0.2, 0.25) is 0 Å². The number of nitrogens with zero attached hydrogens (tertiary/aromatic N) is 1. The van der Waals surface area contributed by atoms with Gasteiger partial charge in [0.05, 0.1) is 4.90 Å². The zero-order valence-electron chi connectivity index (χ0n) is 8.34. The summed E-state index contributed by atoms with van der Waals surface area (Å²) in [5.41, 5.74) is 1.17. The molecule has 0 fully saturated rings. The molecule has 1 aromatic heterocycles. The molecular weight excluding hydrogens is 206 g/mol. The summed E-state index contributed by atoms with van der Waals surface area (Å²) in [6.07, 6.45) is 1.78. The van der Waals surface area contributed by atoms with Crippen molar-refractivity contribution in [3.8, 4) is 5.75 Å². The van der Waals surface area contributed by atoms with Crippen LogP contribution in [-0.2, 0) is 0 Å². The second-order valence-corrected chi connectivity index (χ2v) is 4.30. The van der Waals surface area contributed by atoms with Gasteiger partial charge in [-0.1, -0.05) is 23.9 Å². The number of para-hydroxylation sites is 1. The third kappa shape index (κ3) is 2.50. The van der Waals surface area contributed by atoms with Crippen molar-refractivity contribution in [2.45, 2.75) is 16.8 Å². The first-order valence-electron chi connectivity index (χ1n) is 4.64. The Balaban J connectivity index is 2.26. The molecule has 0 aliphatic rings. The number of phenolic OH excluding ortho intramolecular Hbond substituents is 1. The summed E-state index contributed by atoms with van der Waals surface area (Å²) in [5, 5.41) is 10.5. The van der Waals surface area contributed by atoms with Crippen LogP contribution in [0, 0.1) is 6.92 Å². The lowest BCUT2D eigenvalue weighted by Gasteiger charge is -2.03. The summed E-state index contributed by atoms with van der Waals surface area (Å²) in [6, 6.07) is 11.2. The first-order valence-corrected chi connectivity index (χ1v) is 5.46. The highest BCUT2D eigenvalue weighted by Crippen LogP contribution is 2.32. The highest BCUT2D eigenvalue weighted by atomic mass is 32.2. The van der Waals surface area contributed by atoms with E-state index in [1.165, 1.54) is 17.3 Å². The van der Waals surface area contributed by atoms with Crippen molar-refractivity contribution in [3.63, 3.8) is 0 Å². The van der Waals surface area contributed by atoms with Crippen LogP contribution in [-0.4, -0.2) is 10.1 Å². The smallest absolute Gasteiger partial charge is 0.129 e. The third-order valence-electron chi connectivity index (χ3n) is 1.97. The average Bonchev–Trinajstić information content (AvgIpc) is 2.22. The summed E-state index contributed by atoms with van der Waals surface area (Å²) in [4.78, 5) is 5.06. The molecule has 0 saturated carbocycles. The van der Waals surface area contributed by atoms with Gasteiger partial charge in [0.25, 0.3) is 0 Å². The molecule has 2 rings (SSSR count). The van der Waals surface area contributed by atoms with Gasteiger partial charge in [-0.15, -0.1) is 0 Å². The van der Waals surface area contributed by atoms with Crippen molar-refractivity contribution in [2.75, 3.05) is 0 Å². The molecule has 0 saturated heterocycles. The van der Waals surface area contributed by atoms with Gasteiger partial charge < -0.3 is 5.11 Å². The zero-order valence-corrected chi connectivity index (χ0v) is 9.16. The quantitative estimate of drug-likeness (QED) is 0.838. The molecule has 76 valence electrons. The van der Waals surface area contributed by atoms with Crippen LogP contribution in [0.15, 0.2) is 52.5 Å². The van der Waals surface area contributed by atoms with Crippen LogP contribution < -0.4 is 0 Å². The molecular formula is C12H11NOS. The lowest BCUT2D eigenvalue weighted by atomic mass is 10.3. The van der Waals surface area contributed by atoms with Gasteiger partial charge in [-0.25, -0.2) is 4.98 Å². The van der Waals surface area contributed by atoms with E-state index < -0.39 is 0 Å². The van der Waals surface area contributed by atoms with E-state index in [1.54, 1.807) is 12.3 Å². The Kier molecular flexibility index (Phi) is 2.92. The summed E-state index contributed by atoms with van der Waals surface area (Å²) >= 11 is 1.47. The number of aromatic nitrogens is 1. The Hall–Kier alpha value is -1.48. The van der Waals surface area contributed by atoms with E-state index in [0.29, 0.717) is 5.75 Å². The molecule has 1 N–H and O–H groups in total. The number of hydrogen-bond acceptors (Lipinski definition) is 3. The molecule has 0 unspecified atom stereocenters. The Morgan fingerprint density at radius 3 is 2.73 bits per heavy atom. The molecule has 0 aliphatic carbocycles. The van der Waals surface area contributed by atoms with E-state index in [1.807, 2.05) is 37.3 Å². The topological polar surface area (TPSA) is 33.1 Å². The van der Waals surface area contributed by atoms with Crippen LogP contribution in [0.3, 0.4) is 0 Å². The minimum Gasteiger partial charge on any atom is -0.507 e. The molecule has 1 aromatic carbocycles. The van der Waals surface area contributed by atoms with Crippen molar-refractivity contribution in [2.24, 2.45) is 0 Å². The molecule has 2 aromatic rings. The van der Waals surface area contributed by atoms with E-state index in [-0.39, 0.29) is 0 Å². The Labute approximate surface area is 93.0 Å². The number of benzene rings is 1. The van der Waals surface area contributed by atoms with Crippen LogP contribution in [0.5, 0.6) is 5.75 Å². The first-order chi connectivity index (χ1) is 7.25. The maximum atomic E-state index is 9.59. The van der Waals surface area contributed by atoms with Crippen LogP contribution >= 0.6 is 11.8 Å². The minimum absolute atomic E-state index is 0.297. The van der Waals surface area contributed by atoms with E-state index in [4.69, 9.17) is 0 Å². The van der Waals surface area contributed by atoms with E-state index in [2.05, 4.69) is 4.98 Å². The predicted molar refractivity (Wildman–Crippen MR) is 61.2 cm³/mol. The summed E-state index contributed by atoms with van der Waals surface area (Å²) in [7, 11) is 0. The normalized spacial score (nSPS) is 10.2. The van der Waals surface area contributed by atoms with E-state index >= 15 is 0 Å². The third-order valence-corrected chi connectivity index (χ3v) is 2.97. The highest BCUT2D eigenvalue weighted by molar-refractivity contribution is 7.99. The molecule has 0 aliphatic heterocycles. The summed E-state index contributed by atoms with van der Waals surface area (Å²) in [6.45, 7) is 2.02. The predicted octanol–water partition coefficient (Wildman–Crippen LogP) is 3.25. The molecule has 0 amide bonds. The van der Waals surface area contributed by atoms with Crippen molar-refractivity contribution in [3.05, 3.63) is 48.2 Å². The molecule has 3 heteroatoms. The van der Waals surface area contributed by atoms with Crippen molar-refractivity contribution in [1.29, 1.82) is 0 Å². The van der Waals surface area contributed by atoms with Crippen LogP contribution in [0.25, 0.3) is 0 Å². The van der Waals surface area contributed by atoms with E-state index in [9.17, 15) is 5.11 Å². The summed E-state index contributed by atoms with van der Waals surface area (Å²) < 4.78 is 0. The molecule has 0 spiro atoms.